The zero-order chi connectivity index (χ0) is 15.5. The van der Waals surface area contributed by atoms with Gasteiger partial charge in [0.05, 0.1) is 7.11 Å². The number of anilines is 1. The van der Waals surface area contributed by atoms with Crippen molar-refractivity contribution < 1.29 is 14.6 Å². The molecule has 0 saturated carbocycles. The number of β-amino-alcohol motifs (C(OH)–C–C–N with tert-alkyl or cyclic N) is 1. The number of ether oxygens (including phenoxy) is 1. The summed E-state index contributed by atoms with van der Waals surface area (Å²) in [5, 5.41) is 10.8. The van der Waals surface area contributed by atoms with E-state index in [1.165, 1.54) is 14.0 Å². The molecule has 0 aromatic heterocycles. The third-order valence-electron chi connectivity index (χ3n) is 3.70. The molecular formula is C15H21ClN2O3. The van der Waals surface area contributed by atoms with Gasteiger partial charge in [0.15, 0.2) is 5.60 Å². The summed E-state index contributed by atoms with van der Waals surface area (Å²) in [6.45, 7) is 4.99. The SMILES string of the molecule is COC(=O)C(C)(O)CN1CCN(c2cccc(Cl)c2)CC1. The number of rotatable bonds is 4. The fourth-order valence-electron chi connectivity index (χ4n) is 2.56. The van der Waals surface area contributed by atoms with E-state index >= 15 is 0 Å². The molecule has 21 heavy (non-hydrogen) atoms. The van der Waals surface area contributed by atoms with Crippen molar-refractivity contribution in [1.82, 2.24) is 4.90 Å². The van der Waals surface area contributed by atoms with Crippen LogP contribution in [0.4, 0.5) is 5.69 Å². The molecule has 0 spiro atoms. The Morgan fingerprint density at radius 3 is 2.62 bits per heavy atom. The molecule has 1 heterocycles. The maximum absolute atomic E-state index is 11.5. The van der Waals surface area contributed by atoms with Crippen LogP contribution in [-0.4, -0.2) is 61.4 Å². The van der Waals surface area contributed by atoms with Gasteiger partial charge in [-0.25, -0.2) is 4.79 Å². The van der Waals surface area contributed by atoms with Gasteiger partial charge in [0, 0.05) is 43.4 Å². The summed E-state index contributed by atoms with van der Waals surface area (Å²) < 4.78 is 4.62. The van der Waals surface area contributed by atoms with Crippen LogP contribution in [-0.2, 0) is 9.53 Å². The van der Waals surface area contributed by atoms with Crippen LogP contribution in [0.25, 0.3) is 0 Å². The smallest absolute Gasteiger partial charge is 0.338 e. The lowest BCUT2D eigenvalue weighted by atomic mass is 10.1. The van der Waals surface area contributed by atoms with Crippen molar-refractivity contribution in [3.63, 3.8) is 0 Å². The van der Waals surface area contributed by atoms with Gasteiger partial charge in [0.1, 0.15) is 0 Å². The van der Waals surface area contributed by atoms with Crippen LogP contribution in [0, 0.1) is 0 Å². The molecule has 0 aliphatic carbocycles. The van der Waals surface area contributed by atoms with Gasteiger partial charge in [0.2, 0.25) is 0 Å². The lowest BCUT2D eigenvalue weighted by Gasteiger charge is -2.38. The second kappa shape index (κ2) is 6.64. The molecule has 1 atom stereocenters. The molecule has 6 heteroatoms. The van der Waals surface area contributed by atoms with Crippen LogP contribution in [0.15, 0.2) is 24.3 Å². The first-order valence-corrected chi connectivity index (χ1v) is 7.34. The number of esters is 1. The van der Waals surface area contributed by atoms with Crippen molar-refractivity contribution in [2.45, 2.75) is 12.5 Å². The van der Waals surface area contributed by atoms with E-state index in [9.17, 15) is 9.90 Å². The van der Waals surface area contributed by atoms with E-state index in [1.54, 1.807) is 0 Å². The topological polar surface area (TPSA) is 53.0 Å². The van der Waals surface area contributed by atoms with E-state index < -0.39 is 11.6 Å². The first kappa shape index (κ1) is 16.1. The highest BCUT2D eigenvalue weighted by atomic mass is 35.5. The average Bonchev–Trinajstić information content (AvgIpc) is 2.46. The highest BCUT2D eigenvalue weighted by molar-refractivity contribution is 6.30. The zero-order valence-corrected chi connectivity index (χ0v) is 13.1. The summed E-state index contributed by atoms with van der Waals surface area (Å²) in [6, 6.07) is 7.77. The van der Waals surface area contributed by atoms with Gasteiger partial charge in [-0.2, -0.15) is 0 Å². The molecule has 1 N–H and O–H groups in total. The van der Waals surface area contributed by atoms with Crippen LogP contribution < -0.4 is 4.90 Å². The summed E-state index contributed by atoms with van der Waals surface area (Å²) in [5.74, 6) is -0.597. The number of hydrogen-bond acceptors (Lipinski definition) is 5. The number of piperazine rings is 1. The van der Waals surface area contributed by atoms with Gasteiger partial charge in [0.25, 0.3) is 0 Å². The van der Waals surface area contributed by atoms with Crippen molar-refractivity contribution in [3.05, 3.63) is 29.3 Å². The van der Waals surface area contributed by atoms with Crippen LogP contribution in [0.2, 0.25) is 5.02 Å². The molecule has 0 amide bonds. The molecule has 5 nitrogen and oxygen atoms in total. The Morgan fingerprint density at radius 1 is 1.38 bits per heavy atom. The lowest BCUT2D eigenvalue weighted by molar-refractivity contribution is -0.162. The highest BCUT2D eigenvalue weighted by Crippen LogP contribution is 2.21. The first-order chi connectivity index (χ1) is 9.92. The number of benzene rings is 1. The molecule has 1 aliphatic heterocycles. The number of methoxy groups -OCH3 is 1. The summed E-state index contributed by atoms with van der Waals surface area (Å²) in [6.07, 6.45) is 0. The third-order valence-corrected chi connectivity index (χ3v) is 3.94. The summed E-state index contributed by atoms with van der Waals surface area (Å²) in [7, 11) is 1.29. The Hall–Kier alpha value is -1.30. The largest absolute Gasteiger partial charge is 0.467 e. The fourth-order valence-corrected chi connectivity index (χ4v) is 2.74. The van der Waals surface area contributed by atoms with E-state index in [1.807, 2.05) is 24.3 Å². The van der Waals surface area contributed by atoms with Gasteiger partial charge >= 0.3 is 5.97 Å². The molecule has 1 fully saturated rings. The van der Waals surface area contributed by atoms with Gasteiger partial charge in [-0.1, -0.05) is 17.7 Å². The zero-order valence-electron chi connectivity index (χ0n) is 12.4. The molecule has 1 unspecified atom stereocenters. The minimum atomic E-state index is -1.47. The van der Waals surface area contributed by atoms with Crippen LogP contribution in [0.5, 0.6) is 0 Å². The van der Waals surface area contributed by atoms with Crippen molar-refractivity contribution >= 4 is 23.3 Å². The lowest BCUT2D eigenvalue weighted by Crippen LogP contribution is -2.53. The average molecular weight is 313 g/mol. The maximum atomic E-state index is 11.5. The highest BCUT2D eigenvalue weighted by Gasteiger charge is 2.34. The Kier molecular flexibility index (Phi) is 5.08. The van der Waals surface area contributed by atoms with Crippen LogP contribution in [0.1, 0.15) is 6.92 Å². The Morgan fingerprint density at radius 2 is 2.05 bits per heavy atom. The molecule has 1 aromatic carbocycles. The van der Waals surface area contributed by atoms with Crippen molar-refractivity contribution in [3.8, 4) is 0 Å². The molecule has 0 bridgehead atoms. The van der Waals surface area contributed by atoms with Gasteiger partial charge in [-0.3, -0.25) is 4.90 Å². The van der Waals surface area contributed by atoms with Crippen molar-refractivity contribution in [2.24, 2.45) is 0 Å². The molecule has 0 radical (unpaired) electrons. The number of carbonyl (C=O) groups excluding carboxylic acids is 1. The Balaban J connectivity index is 1.90. The Labute approximate surface area is 130 Å². The van der Waals surface area contributed by atoms with Crippen molar-refractivity contribution in [2.75, 3.05) is 44.7 Å². The number of nitrogens with zero attached hydrogens (tertiary/aromatic N) is 2. The van der Waals surface area contributed by atoms with Gasteiger partial charge in [-0.05, 0) is 25.1 Å². The van der Waals surface area contributed by atoms with E-state index in [-0.39, 0.29) is 6.54 Å². The predicted octanol–water partition coefficient (Wildman–Crippen LogP) is 1.39. The summed E-state index contributed by atoms with van der Waals surface area (Å²) >= 11 is 6.01. The minimum absolute atomic E-state index is 0.281. The Bertz CT molecular complexity index is 499. The van der Waals surface area contributed by atoms with Gasteiger partial charge in [-0.15, -0.1) is 0 Å². The summed E-state index contributed by atoms with van der Waals surface area (Å²) in [4.78, 5) is 15.8. The number of aliphatic hydroxyl groups is 1. The second-order valence-corrected chi connectivity index (χ2v) is 5.94. The molecule has 1 aliphatic rings. The molecule has 1 aromatic rings. The van der Waals surface area contributed by atoms with E-state index in [0.29, 0.717) is 0 Å². The molecule has 2 rings (SSSR count). The predicted molar refractivity (Wildman–Crippen MR) is 82.7 cm³/mol. The maximum Gasteiger partial charge on any atom is 0.338 e. The quantitative estimate of drug-likeness (QED) is 0.852. The van der Waals surface area contributed by atoms with E-state index in [4.69, 9.17) is 11.6 Å². The molecule has 1 saturated heterocycles. The van der Waals surface area contributed by atoms with Gasteiger partial charge < -0.3 is 14.7 Å². The number of carbonyl (C=O) groups is 1. The van der Waals surface area contributed by atoms with Crippen LogP contribution >= 0.6 is 11.6 Å². The van der Waals surface area contributed by atoms with E-state index in [2.05, 4.69) is 14.5 Å². The minimum Gasteiger partial charge on any atom is -0.467 e. The van der Waals surface area contributed by atoms with E-state index in [0.717, 1.165) is 36.9 Å². The second-order valence-electron chi connectivity index (χ2n) is 5.51. The first-order valence-electron chi connectivity index (χ1n) is 6.96. The van der Waals surface area contributed by atoms with Crippen LogP contribution in [0.3, 0.4) is 0 Å². The fraction of sp³-hybridized carbons (Fsp3) is 0.533. The standard InChI is InChI=1S/C15H21ClN2O3/c1-15(20,14(19)21-2)11-17-6-8-18(9-7-17)13-5-3-4-12(16)10-13/h3-5,10,20H,6-9,11H2,1-2H3. The molecule has 116 valence electrons. The molecular weight excluding hydrogens is 292 g/mol. The van der Waals surface area contributed by atoms with Crippen molar-refractivity contribution in [1.29, 1.82) is 0 Å². The number of hydrogen-bond donors (Lipinski definition) is 1. The number of halogens is 1. The third kappa shape index (κ3) is 4.09. The summed E-state index contributed by atoms with van der Waals surface area (Å²) in [5.41, 5.74) is -0.366. The normalized spacial score (nSPS) is 19.1. The monoisotopic (exact) mass is 312 g/mol.